The Morgan fingerprint density at radius 2 is 1.86 bits per heavy atom. The lowest BCUT2D eigenvalue weighted by Gasteiger charge is -2.25. The van der Waals surface area contributed by atoms with Gasteiger partial charge in [-0.15, -0.1) is 0 Å². The van der Waals surface area contributed by atoms with Crippen LogP contribution in [0.2, 0.25) is 0 Å². The number of imidazole rings is 1. The average molecular weight is 470 g/mol. The van der Waals surface area contributed by atoms with Crippen molar-refractivity contribution in [3.8, 4) is 11.4 Å². The predicted molar refractivity (Wildman–Crippen MR) is 129 cm³/mol. The van der Waals surface area contributed by atoms with Crippen LogP contribution in [0, 0.1) is 0 Å². The Labute approximate surface area is 202 Å². The number of benzene rings is 1. The molecule has 0 radical (unpaired) electrons. The number of carbonyl (C=O) groups is 1. The van der Waals surface area contributed by atoms with E-state index in [0.717, 1.165) is 54.3 Å². The van der Waals surface area contributed by atoms with E-state index in [4.69, 9.17) is 4.98 Å². The van der Waals surface area contributed by atoms with Crippen molar-refractivity contribution in [1.29, 1.82) is 0 Å². The van der Waals surface area contributed by atoms with Crippen molar-refractivity contribution >= 4 is 11.9 Å². The van der Waals surface area contributed by atoms with Crippen LogP contribution in [0.4, 0.5) is 5.95 Å². The van der Waals surface area contributed by atoms with E-state index in [1.165, 1.54) is 11.1 Å². The van der Waals surface area contributed by atoms with Crippen molar-refractivity contribution in [3.63, 3.8) is 0 Å². The molecule has 1 aliphatic carbocycles. The molecule has 0 spiro atoms. The molecule has 10 heteroatoms. The molecule has 6 rings (SSSR count). The predicted octanol–water partition coefficient (Wildman–Crippen LogP) is 2.18. The number of rotatable bonds is 6. The van der Waals surface area contributed by atoms with Gasteiger partial charge in [0.2, 0.25) is 11.9 Å². The third-order valence-corrected chi connectivity index (χ3v) is 6.81. The molecule has 10 nitrogen and oxygen atoms in total. The Balaban J connectivity index is 1.12. The monoisotopic (exact) mass is 469 g/mol. The van der Waals surface area contributed by atoms with E-state index in [0.29, 0.717) is 25.1 Å². The first-order valence-electron chi connectivity index (χ1n) is 12.0. The van der Waals surface area contributed by atoms with Gasteiger partial charge in [0.25, 0.3) is 0 Å². The van der Waals surface area contributed by atoms with Gasteiger partial charge in [0.05, 0.1) is 29.9 Å². The van der Waals surface area contributed by atoms with Crippen LogP contribution in [0.15, 0.2) is 42.9 Å². The third kappa shape index (κ3) is 4.27. The number of anilines is 1. The van der Waals surface area contributed by atoms with Gasteiger partial charge in [-0.3, -0.25) is 4.79 Å². The molecule has 4 heterocycles. The average Bonchev–Trinajstić information content (AvgIpc) is 3.61. The van der Waals surface area contributed by atoms with E-state index >= 15 is 0 Å². The summed E-state index contributed by atoms with van der Waals surface area (Å²) in [5.41, 5.74) is 6.14. The molecule has 0 fully saturated rings. The fraction of sp³-hybridized carbons (Fsp3) is 0.360. The molecule has 1 aliphatic heterocycles. The van der Waals surface area contributed by atoms with Gasteiger partial charge in [0.15, 0.2) is 0 Å². The number of hydrogen-bond acceptors (Lipinski definition) is 7. The lowest BCUT2D eigenvalue weighted by Crippen LogP contribution is -2.37. The first-order valence-corrected chi connectivity index (χ1v) is 12.0. The molecule has 2 aliphatic rings. The van der Waals surface area contributed by atoms with Gasteiger partial charge < -0.3 is 14.8 Å². The van der Waals surface area contributed by atoms with Crippen molar-refractivity contribution in [2.75, 3.05) is 11.9 Å². The van der Waals surface area contributed by atoms with Crippen LogP contribution in [0.25, 0.3) is 11.4 Å². The fourth-order valence-corrected chi connectivity index (χ4v) is 4.97. The minimum Gasteiger partial charge on any atom is -0.351 e. The highest BCUT2D eigenvalue weighted by Gasteiger charge is 2.25. The van der Waals surface area contributed by atoms with Crippen molar-refractivity contribution in [2.24, 2.45) is 0 Å². The smallest absolute Gasteiger partial charge is 0.229 e. The first kappa shape index (κ1) is 21.5. The molecular formula is C25H27N9O. The zero-order chi connectivity index (χ0) is 23.8. The SMILES string of the molecule is CCn1cc(CC(=O)N2CCc3n[nH]nc3C2)nc1-c1cnc(NC2Cc3ccccc3C2)nc1. The molecule has 2 N–H and O–H groups in total. The molecule has 0 saturated carbocycles. The Kier molecular flexibility index (Phi) is 5.48. The summed E-state index contributed by atoms with van der Waals surface area (Å²) in [6, 6.07) is 8.85. The highest BCUT2D eigenvalue weighted by Crippen LogP contribution is 2.24. The van der Waals surface area contributed by atoms with E-state index in [-0.39, 0.29) is 12.3 Å². The quantitative estimate of drug-likeness (QED) is 0.444. The zero-order valence-electron chi connectivity index (χ0n) is 19.6. The highest BCUT2D eigenvalue weighted by atomic mass is 16.2. The number of nitrogens with zero attached hydrogens (tertiary/aromatic N) is 7. The van der Waals surface area contributed by atoms with Gasteiger partial charge in [-0.2, -0.15) is 15.4 Å². The molecule has 4 aromatic rings. The van der Waals surface area contributed by atoms with Crippen molar-refractivity contribution < 1.29 is 4.79 Å². The molecule has 0 unspecified atom stereocenters. The van der Waals surface area contributed by atoms with Gasteiger partial charge in [0, 0.05) is 44.1 Å². The Morgan fingerprint density at radius 1 is 1.11 bits per heavy atom. The molecular weight excluding hydrogens is 442 g/mol. The number of nitrogens with one attached hydrogen (secondary N) is 2. The van der Waals surface area contributed by atoms with E-state index in [1.807, 2.05) is 15.7 Å². The summed E-state index contributed by atoms with van der Waals surface area (Å²) in [4.78, 5) is 28.6. The topological polar surface area (TPSA) is 118 Å². The number of amides is 1. The largest absolute Gasteiger partial charge is 0.351 e. The maximum absolute atomic E-state index is 12.9. The normalized spacial score (nSPS) is 15.2. The van der Waals surface area contributed by atoms with Crippen LogP contribution in [-0.4, -0.2) is 58.3 Å². The second-order valence-electron chi connectivity index (χ2n) is 9.11. The summed E-state index contributed by atoms with van der Waals surface area (Å²) in [5, 5.41) is 14.4. The van der Waals surface area contributed by atoms with Crippen LogP contribution in [-0.2, 0) is 43.6 Å². The van der Waals surface area contributed by atoms with Crippen LogP contribution in [0.5, 0.6) is 0 Å². The van der Waals surface area contributed by atoms with Gasteiger partial charge in [-0.25, -0.2) is 15.0 Å². The fourth-order valence-electron chi connectivity index (χ4n) is 4.97. The lowest BCUT2D eigenvalue weighted by atomic mass is 10.1. The summed E-state index contributed by atoms with van der Waals surface area (Å²) >= 11 is 0. The number of H-pyrrole nitrogens is 1. The van der Waals surface area contributed by atoms with Crippen LogP contribution in [0.1, 0.15) is 35.1 Å². The second-order valence-corrected chi connectivity index (χ2v) is 9.11. The lowest BCUT2D eigenvalue weighted by molar-refractivity contribution is -0.131. The summed E-state index contributed by atoms with van der Waals surface area (Å²) in [6.07, 6.45) is 8.47. The molecule has 3 aromatic heterocycles. The van der Waals surface area contributed by atoms with E-state index in [1.54, 1.807) is 12.4 Å². The van der Waals surface area contributed by atoms with Crippen LogP contribution >= 0.6 is 0 Å². The minimum absolute atomic E-state index is 0.0410. The Hall–Kier alpha value is -4.08. The molecule has 0 bridgehead atoms. The maximum Gasteiger partial charge on any atom is 0.229 e. The third-order valence-electron chi connectivity index (χ3n) is 6.81. The summed E-state index contributed by atoms with van der Waals surface area (Å²) in [7, 11) is 0. The van der Waals surface area contributed by atoms with Crippen molar-refractivity contribution in [3.05, 3.63) is 71.1 Å². The molecule has 0 atom stereocenters. The first-order chi connectivity index (χ1) is 17.2. The molecule has 1 aromatic carbocycles. The minimum atomic E-state index is 0.0410. The number of aromatic nitrogens is 7. The summed E-state index contributed by atoms with van der Waals surface area (Å²) in [6.45, 7) is 3.93. The van der Waals surface area contributed by atoms with Gasteiger partial charge in [-0.1, -0.05) is 24.3 Å². The highest BCUT2D eigenvalue weighted by molar-refractivity contribution is 5.78. The van der Waals surface area contributed by atoms with Gasteiger partial charge in [-0.05, 0) is 30.9 Å². The van der Waals surface area contributed by atoms with E-state index in [2.05, 4.69) is 61.9 Å². The van der Waals surface area contributed by atoms with Gasteiger partial charge in [0.1, 0.15) is 11.5 Å². The number of hydrogen-bond donors (Lipinski definition) is 2. The van der Waals surface area contributed by atoms with Crippen LogP contribution < -0.4 is 5.32 Å². The van der Waals surface area contributed by atoms with Crippen LogP contribution in [0.3, 0.4) is 0 Å². The second kappa shape index (κ2) is 8.94. The molecule has 0 saturated heterocycles. The van der Waals surface area contributed by atoms with Gasteiger partial charge >= 0.3 is 0 Å². The summed E-state index contributed by atoms with van der Waals surface area (Å²) in [5.74, 6) is 1.43. The van der Waals surface area contributed by atoms with Crippen molar-refractivity contribution in [1.82, 2.24) is 39.8 Å². The van der Waals surface area contributed by atoms with E-state index in [9.17, 15) is 4.79 Å². The molecule has 35 heavy (non-hydrogen) atoms. The Bertz CT molecular complexity index is 1330. The van der Waals surface area contributed by atoms with E-state index < -0.39 is 0 Å². The zero-order valence-corrected chi connectivity index (χ0v) is 19.6. The van der Waals surface area contributed by atoms with Crippen molar-refractivity contribution in [2.45, 2.75) is 51.7 Å². The Morgan fingerprint density at radius 3 is 2.60 bits per heavy atom. The summed E-state index contributed by atoms with van der Waals surface area (Å²) < 4.78 is 2.04. The number of aryl methyl sites for hydroxylation is 1. The number of aromatic amines is 1. The standard InChI is InChI=1S/C25H27N9O/c1-2-33-14-20(11-23(35)34-8-7-21-22(15-34)31-32-30-21)28-24(33)18-12-26-25(27-13-18)29-19-9-16-5-3-4-6-17(16)10-19/h3-6,12-14,19H,2,7-11,15H2,1H3,(H,26,27,29)(H,30,31,32). The molecule has 1 amide bonds. The molecule has 178 valence electrons. The maximum atomic E-state index is 12.9. The number of fused-ring (bicyclic) bond motifs is 2. The number of carbonyl (C=O) groups excluding carboxylic acids is 1.